The summed E-state index contributed by atoms with van der Waals surface area (Å²) in [5.41, 5.74) is 3.66. The van der Waals surface area contributed by atoms with E-state index in [1.54, 1.807) is 16.8 Å². The number of amides is 1. The van der Waals surface area contributed by atoms with Crippen LogP contribution in [0.25, 0.3) is 10.9 Å². The van der Waals surface area contributed by atoms with Gasteiger partial charge >= 0.3 is 0 Å². The number of fused-ring (bicyclic) bond motifs is 1. The van der Waals surface area contributed by atoms with Crippen LogP contribution in [0, 0.1) is 13.8 Å². The molecule has 0 unspecified atom stereocenters. The molecule has 0 aliphatic heterocycles. The van der Waals surface area contributed by atoms with Crippen LogP contribution in [0.1, 0.15) is 11.1 Å². The minimum atomic E-state index is -0.118. The summed E-state index contributed by atoms with van der Waals surface area (Å²) in [5, 5.41) is 3.56. The molecule has 0 atom stereocenters. The highest BCUT2D eigenvalue weighted by Crippen LogP contribution is 2.16. The number of nitrogens with zero attached hydrogens (tertiary/aromatic N) is 1. The second-order valence-corrected chi connectivity index (χ2v) is 5.69. The Bertz CT molecular complexity index is 941. The van der Waals surface area contributed by atoms with Gasteiger partial charge in [0, 0.05) is 23.3 Å². The van der Waals surface area contributed by atoms with Crippen molar-refractivity contribution in [1.82, 2.24) is 4.57 Å². The van der Waals surface area contributed by atoms with E-state index in [2.05, 4.69) is 5.32 Å². The van der Waals surface area contributed by atoms with Gasteiger partial charge in [-0.05, 0) is 43.2 Å². The molecule has 4 heteroatoms. The number of hydrogen-bond acceptors (Lipinski definition) is 2. The van der Waals surface area contributed by atoms with Crippen LogP contribution in [0.4, 0.5) is 5.69 Å². The number of benzene rings is 2. The average Bonchev–Trinajstić information content (AvgIpc) is 2.54. The van der Waals surface area contributed by atoms with Gasteiger partial charge in [0.1, 0.15) is 6.54 Å². The zero-order valence-electron chi connectivity index (χ0n) is 13.2. The average molecular weight is 306 g/mol. The van der Waals surface area contributed by atoms with Crippen LogP contribution in [-0.2, 0) is 11.3 Å². The lowest BCUT2D eigenvalue weighted by atomic mass is 10.1. The Hall–Kier alpha value is -2.88. The summed E-state index contributed by atoms with van der Waals surface area (Å²) >= 11 is 0. The molecule has 1 aromatic heterocycles. The third kappa shape index (κ3) is 3.16. The maximum Gasteiger partial charge on any atom is 0.244 e. The molecule has 116 valence electrons. The van der Waals surface area contributed by atoms with Crippen molar-refractivity contribution in [3.63, 3.8) is 0 Å². The number of carbonyl (C=O) groups excluding carboxylic acids is 1. The van der Waals surface area contributed by atoms with Crippen molar-refractivity contribution in [1.29, 1.82) is 0 Å². The van der Waals surface area contributed by atoms with Crippen molar-refractivity contribution in [3.8, 4) is 0 Å². The van der Waals surface area contributed by atoms with Gasteiger partial charge in [-0.15, -0.1) is 0 Å². The van der Waals surface area contributed by atoms with Crippen molar-refractivity contribution in [3.05, 3.63) is 76.1 Å². The molecule has 0 radical (unpaired) electrons. The van der Waals surface area contributed by atoms with Crippen LogP contribution >= 0.6 is 0 Å². The molecule has 0 aliphatic carbocycles. The first kappa shape index (κ1) is 15.0. The van der Waals surface area contributed by atoms with E-state index in [1.165, 1.54) is 6.07 Å². The van der Waals surface area contributed by atoms with E-state index in [1.807, 2.05) is 50.2 Å². The molecule has 4 nitrogen and oxygen atoms in total. The highest BCUT2D eigenvalue weighted by molar-refractivity contribution is 5.92. The number of rotatable bonds is 3. The van der Waals surface area contributed by atoms with Crippen LogP contribution in [0.2, 0.25) is 0 Å². The number of pyridine rings is 1. The molecule has 0 fully saturated rings. The predicted molar refractivity (Wildman–Crippen MR) is 92.8 cm³/mol. The molecule has 1 N–H and O–H groups in total. The number of aromatic nitrogens is 1. The minimum absolute atomic E-state index is 0.0354. The van der Waals surface area contributed by atoms with Crippen molar-refractivity contribution in [2.24, 2.45) is 0 Å². The van der Waals surface area contributed by atoms with Crippen molar-refractivity contribution < 1.29 is 4.79 Å². The Labute approximate surface area is 134 Å². The lowest BCUT2D eigenvalue weighted by Crippen LogP contribution is -2.20. The molecule has 23 heavy (non-hydrogen) atoms. The fourth-order valence-corrected chi connectivity index (χ4v) is 2.61. The second-order valence-electron chi connectivity index (χ2n) is 5.69. The summed E-state index contributed by atoms with van der Waals surface area (Å²) in [6, 6.07) is 14.8. The van der Waals surface area contributed by atoms with Crippen LogP contribution in [0.15, 0.2) is 59.5 Å². The van der Waals surface area contributed by atoms with Gasteiger partial charge in [-0.2, -0.15) is 0 Å². The van der Waals surface area contributed by atoms with Crippen LogP contribution in [-0.4, -0.2) is 10.5 Å². The molecule has 1 heterocycles. The van der Waals surface area contributed by atoms with Crippen LogP contribution in [0.5, 0.6) is 0 Å². The number of hydrogen-bond donors (Lipinski definition) is 1. The van der Waals surface area contributed by atoms with E-state index < -0.39 is 0 Å². The Balaban J connectivity index is 1.88. The van der Waals surface area contributed by atoms with Gasteiger partial charge in [0.15, 0.2) is 5.43 Å². The SMILES string of the molecule is Cc1ccc(C)c(NC(=O)Cn2ccc(=O)c3ccccc32)c1. The highest BCUT2D eigenvalue weighted by atomic mass is 16.2. The summed E-state index contributed by atoms with van der Waals surface area (Å²) in [4.78, 5) is 24.2. The van der Waals surface area contributed by atoms with E-state index in [4.69, 9.17) is 0 Å². The van der Waals surface area contributed by atoms with Gasteiger partial charge in [0.05, 0.1) is 5.52 Å². The van der Waals surface area contributed by atoms with Crippen molar-refractivity contribution in [2.45, 2.75) is 20.4 Å². The van der Waals surface area contributed by atoms with Gasteiger partial charge in [-0.3, -0.25) is 9.59 Å². The first-order chi connectivity index (χ1) is 11.0. The zero-order valence-corrected chi connectivity index (χ0v) is 13.2. The van der Waals surface area contributed by atoms with E-state index >= 15 is 0 Å². The third-order valence-corrected chi connectivity index (χ3v) is 3.87. The van der Waals surface area contributed by atoms with Crippen LogP contribution < -0.4 is 10.7 Å². The number of carbonyl (C=O) groups is 1. The summed E-state index contributed by atoms with van der Waals surface area (Å²) in [5.74, 6) is -0.118. The molecule has 0 saturated heterocycles. The van der Waals surface area contributed by atoms with E-state index in [9.17, 15) is 9.59 Å². The minimum Gasteiger partial charge on any atom is -0.338 e. The maximum atomic E-state index is 12.4. The molecule has 0 spiro atoms. The Kier molecular flexibility index (Phi) is 3.98. The van der Waals surface area contributed by atoms with Gasteiger partial charge in [-0.25, -0.2) is 0 Å². The van der Waals surface area contributed by atoms with Crippen LogP contribution in [0.3, 0.4) is 0 Å². The van der Waals surface area contributed by atoms with E-state index in [0.29, 0.717) is 5.39 Å². The monoisotopic (exact) mass is 306 g/mol. The topological polar surface area (TPSA) is 51.1 Å². The molecular formula is C19H18N2O2. The number of aryl methyl sites for hydroxylation is 2. The predicted octanol–water partition coefficient (Wildman–Crippen LogP) is 3.26. The molecule has 0 saturated carbocycles. The third-order valence-electron chi connectivity index (χ3n) is 3.87. The fourth-order valence-electron chi connectivity index (χ4n) is 2.61. The largest absolute Gasteiger partial charge is 0.338 e. The smallest absolute Gasteiger partial charge is 0.244 e. The first-order valence-electron chi connectivity index (χ1n) is 7.50. The van der Waals surface area contributed by atoms with Gasteiger partial charge in [0.2, 0.25) is 5.91 Å². The molecule has 2 aromatic carbocycles. The molecule has 3 rings (SSSR count). The number of para-hydroxylation sites is 1. The zero-order chi connectivity index (χ0) is 16.4. The molecule has 1 amide bonds. The summed E-state index contributed by atoms with van der Waals surface area (Å²) < 4.78 is 1.79. The lowest BCUT2D eigenvalue weighted by molar-refractivity contribution is -0.116. The summed E-state index contributed by atoms with van der Waals surface area (Å²) in [6.45, 7) is 4.11. The van der Waals surface area contributed by atoms with Gasteiger partial charge < -0.3 is 9.88 Å². The molecule has 3 aromatic rings. The van der Waals surface area contributed by atoms with Crippen molar-refractivity contribution >= 4 is 22.5 Å². The van der Waals surface area contributed by atoms with Gasteiger partial charge in [-0.1, -0.05) is 24.3 Å². The number of anilines is 1. The Morgan fingerprint density at radius 1 is 1.09 bits per heavy atom. The maximum absolute atomic E-state index is 12.4. The molecule has 0 bridgehead atoms. The Morgan fingerprint density at radius 2 is 1.87 bits per heavy atom. The standard InChI is InChI=1S/C19H18N2O2/c1-13-7-8-14(2)16(11-13)20-19(23)12-21-10-9-18(22)15-5-3-4-6-17(15)21/h3-11H,12H2,1-2H3,(H,20,23). The van der Waals surface area contributed by atoms with Crippen molar-refractivity contribution in [2.75, 3.05) is 5.32 Å². The number of nitrogens with one attached hydrogen (secondary N) is 1. The second kappa shape index (κ2) is 6.08. The summed E-state index contributed by atoms with van der Waals surface area (Å²) in [7, 11) is 0. The first-order valence-corrected chi connectivity index (χ1v) is 7.50. The highest BCUT2D eigenvalue weighted by Gasteiger charge is 2.08. The van der Waals surface area contributed by atoms with Gasteiger partial charge in [0.25, 0.3) is 0 Å². The lowest BCUT2D eigenvalue weighted by Gasteiger charge is -2.12. The van der Waals surface area contributed by atoms with E-state index in [-0.39, 0.29) is 17.9 Å². The molecule has 0 aliphatic rings. The quantitative estimate of drug-likeness (QED) is 0.807. The fraction of sp³-hybridized carbons (Fsp3) is 0.158. The van der Waals surface area contributed by atoms with E-state index in [0.717, 1.165) is 22.3 Å². The molecular weight excluding hydrogens is 288 g/mol. The summed E-state index contributed by atoms with van der Waals surface area (Å²) in [6.07, 6.45) is 1.66. The Morgan fingerprint density at radius 3 is 2.70 bits per heavy atom. The normalized spacial score (nSPS) is 10.7.